The molecule has 1 amide bonds. The molecule has 5 rings (SSSR count). The number of ether oxygens (including phenoxy) is 1. The summed E-state index contributed by atoms with van der Waals surface area (Å²) in [6.07, 6.45) is 7.42. The van der Waals surface area contributed by atoms with Crippen LogP contribution in [0, 0.1) is 11.8 Å². The Morgan fingerprint density at radius 1 is 1.22 bits per heavy atom. The van der Waals surface area contributed by atoms with Gasteiger partial charge in [0.2, 0.25) is 0 Å². The molecule has 23 heavy (non-hydrogen) atoms. The normalized spacial score (nSPS) is 39.0. The average Bonchev–Trinajstić information content (AvgIpc) is 3.35. The molecule has 4 fully saturated rings. The van der Waals surface area contributed by atoms with E-state index >= 15 is 0 Å². The molecular weight excluding hydrogens is 292 g/mol. The van der Waals surface area contributed by atoms with Crippen molar-refractivity contribution in [1.82, 2.24) is 20.0 Å². The van der Waals surface area contributed by atoms with Crippen LogP contribution in [-0.2, 0) is 4.74 Å². The number of nitrogens with zero attached hydrogens (tertiary/aromatic N) is 3. The lowest BCUT2D eigenvalue weighted by Crippen LogP contribution is -2.33. The van der Waals surface area contributed by atoms with Gasteiger partial charge in [-0.15, -0.1) is 0 Å². The summed E-state index contributed by atoms with van der Waals surface area (Å²) in [6, 6.07) is 2.27. The highest BCUT2D eigenvalue weighted by molar-refractivity contribution is 5.92. The van der Waals surface area contributed by atoms with Gasteiger partial charge < -0.3 is 15.0 Å². The van der Waals surface area contributed by atoms with Crippen molar-refractivity contribution in [2.45, 2.75) is 43.9 Å². The van der Waals surface area contributed by atoms with Gasteiger partial charge >= 0.3 is 0 Å². The average molecular weight is 316 g/mol. The number of likely N-dealkylation sites (tertiary alicyclic amines) is 1. The summed E-state index contributed by atoms with van der Waals surface area (Å²) in [4.78, 5) is 14.8. The van der Waals surface area contributed by atoms with Crippen LogP contribution in [0.3, 0.4) is 0 Å². The molecule has 4 aliphatic heterocycles. The van der Waals surface area contributed by atoms with Crippen LogP contribution in [0.25, 0.3) is 0 Å². The van der Waals surface area contributed by atoms with Gasteiger partial charge in [0.15, 0.2) is 0 Å². The number of carbonyl (C=O) groups excluding carboxylic acids is 1. The molecule has 5 atom stereocenters. The largest absolute Gasteiger partial charge is 0.374 e. The third kappa shape index (κ3) is 2.22. The molecule has 0 spiro atoms. The highest BCUT2D eigenvalue weighted by atomic mass is 16.5. The molecule has 5 unspecified atom stereocenters. The number of amides is 1. The van der Waals surface area contributed by atoms with Crippen molar-refractivity contribution in [2.75, 3.05) is 26.2 Å². The predicted octanol–water partition coefficient (Wildman–Crippen LogP) is 1.06. The zero-order chi connectivity index (χ0) is 15.4. The first-order chi connectivity index (χ1) is 11.3. The molecule has 4 saturated heterocycles. The molecule has 4 aliphatic rings. The van der Waals surface area contributed by atoms with E-state index in [1.807, 2.05) is 21.8 Å². The van der Waals surface area contributed by atoms with E-state index in [1.54, 1.807) is 0 Å². The topological polar surface area (TPSA) is 59.4 Å². The fourth-order valence-electron chi connectivity index (χ4n) is 5.00. The molecule has 0 aliphatic carbocycles. The zero-order valence-corrected chi connectivity index (χ0v) is 13.4. The molecule has 2 bridgehead atoms. The summed E-state index contributed by atoms with van der Waals surface area (Å²) in [5.74, 6) is 1.21. The van der Waals surface area contributed by atoms with Gasteiger partial charge in [0.1, 0.15) is 5.69 Å². The van der Waals surface area contributed by atoms with Gasteiger partial charge in [-0.2, -0.15) is 5.10 Å². The molecule has 5 heterocycles. The minimum absolute atomic E-state index is 0.0984. The first-order valence-electron chi connectivity index (χ1n) is 9.00. The van der Waals surface area contributed by atoms with Crippen LogP contribution < -0.4 is 5.32 Å². The number of piperidine rings is 1. The minimum atomic E-state index is 0.0984. The Labute approximate surface area is 136 Å². The summed E-state index contributed by atoms with van der Waals surface area (Å²) in [5.41, 5.74) is 0.601. The van der Waals surface area contributed by atoms with Gasteiger partial charge in [-0.25, -0.2) is 0 Å². The number of fused-ring (bicyclic) bond motifs is 5. The lowest BCUT2D eigenvalue weighted by Gasteiger charge is -2.23. The van der Waals surface area contributed by atoms with Gasteiger partial charge in [0.25, 0.3) is 5.91 Å². The van der Waals surface area contributed by atoms with Crippen LogP contribution in [0.2, 0.25) is 0 Å². The zero-order valence-electron chi connectivity index (χ0n) is 13.4. The van der Waals surface area contributed by atoms with Crippen molar-refractivity contribution in [1.29, 1.82) is 0 Å². The van der Waals surface area contributed by atoms with Gasteiger partial charge in [0, 0.05) is 37.7 Å². The summed E-state index contributed by atoms with van der Waals surface area (Å²) in [7, 11) is 0. The summed E-state index contributed by atoms with van der Waals surface area (Å²) in [6.45, 7) is 3.74. The number of aromatic nitrogens is 2. The first-order valence-corrected chi connectivity index (χ1v) is 9.00. The molecule has 0 saturated carbocycles. The molecule has 124 valence electrons. The Bertz CT molecular complexity index is 591. The SMILES string of the molecule is O=C(c1ccn(C2CCCNC2)n1)N1CC2C3CCC(O3)C2C1. The van der Waals surface area contributed by atoms with Crippen molar-refractivity contribution >= 4 is 5.91 Å². The van der Waals surface area contributed by atoms with E-state index in [0.29, 0.717) is 35.8 Å². The molecule has 1 aromatic rings. The molecule has 1 aromatic heterocycles. The molecular formula is C17H24N4O2. The second-order valence-electron chi connectivity index (χ2n) is 7.51. The van der Waals surface area contributed by atoms with E-state index in [2.05, 4.69) is 10.4 Å². The smallest absolute Gasteiger partial charge is 0.274 e. The Hall–Kier alpha value is -1.40. The van der Waals surface area contributed by atoms with Crippen LogP contribution in [0.1, 0.15) is 42.2 Å². The third-order valence-electron chi connectivity index (χ3n) is 6.21. The standard InChI is InChI=1S/C17H24N4O2/c22-17(14-5-7-21(19-14)11-2-1-6-18-8-11)20-9-12-13(10-20)16-4-3-15(12)23-16/h5,7,11-13,15-16,18H,1-4,6,8-10H2. The molecule has 0 radical (unpaired) electrons. The number of carbonyl (C=O) groups is 1. The Kier molecular flexibility index (Phi) is 3.23. The number of hydrogen-bond donors (Lipinski definition) is 1. The molecule has 6 heteroatoms. The van der Waals surface area contributed by atoms with Crippen LogP contribution in [0.15, 0.2) is 12.3 Å². The highest BCUT2D eigenvalue weighted by Crippen LogP contribution is 2.47. The second-order valence-corrected chi connectivity index (χ2v) is 7.51. The maximum Gasteiger partial charge on any atom is 0.274 e. The Morgan fingerprint density at radius 3 is 2.70 bits per heavy atom. The Morgan fingerprint density at radius 2 is 2.00 bits per heavy atom. The van der Waals surface area contributed by atoms with Gasteiger partial charge in [-0.3, -0.25) is 9.48 Å². The fourth-order valence-corrected chi connectivity index (χ4v) is 5.00. The maximum absolute atomic E-state index is 12.8. The van der Waals surface area contributed by atoms with Crippen molar-refractivity contribution in [3.63, 3.8) is 0 Å². The van der Waals surface area contributed by atoms with Crippen molar-refractivity contribution in [3.8, 4) is 0 Å². The molecule has 1 N–H and O–H groups in total. The summed E-state index contributed by atoms with van der Waals surface area (Å²) >= 11 is 0. The van der Waals surface area contributed by atoms with Crippen LogP contribution in [0.4, 0.5) is 0 Å². The van der Waals surface area contributed by atoms with Crippen molar-refractivity contribution < 1.29 is 9.53 Å². The number of nitrogens with one attached hydrogen (secondary N) is 1. The van der Waals surface area contributed by atoms with E-state index < -0.39 is 0 Å². The lowest BCUT2D eigenvalue weighted by molar-refractivity contribution is 0.0590. The second kappa shape index (κ2) is 5.31. The van der Waals surface area contributed by atoms with E-state index in [1.165, 1.54) is 19.3 Å². The fraction of sp³-hybridized carbons (Fsp3) is 0.765. The number of hydrogen-bond acceptors (Lipinski definition) is 4. The summed E-state index contributed by atoms with van der Waals surface area (Å²) < 4.78 is 7.97. The third-order valence-corrected chi connectivity index (χ3v) is 6.21. The van der Waals surface area contributed by atoms with Gasteiger partial charge in [0.05, 0.1) is 18.2 Å². The van der Waals surface area contributed by atoms with Crippen LogP contribution in [-0.4, -0.2) is 59.0 Å². The number of rotatable bonds is 2. The van der Waals surface area contributed by atoms with Crippen molar-refractivity contribution in [3.05, 3.63) is 18.0 Å². The van der Waals surface area contributed by atoms with Crippen molar-refractivity contribution in [2.24, 2.45) is 11.8 Å². The molecule has 6 nitrogen and oxygen atoms in total. The predicted molar refractivity (Wildman–Crippen MR) is 84.1 cm³/mol. The quantitative estimate of drug-likeness (QED) is 0.886. The Balaban J connectivity index is 1.29. The van der Waals surface area contributed by atoms with E-state index in [4.69, 9.17) is 4.74 Å². The first kappa shape index (κ1) is 14.0. The minimum Gasteiger partial charge on any atom is -0.374 e. The van der Waals surface area contributed by atoms with Gasteiger partial charge in [-0.1, -0.05) is 0 Å². The monoisotopic (exact) mass is 316 g/mol. The lowest BCUT2D eigenvalue weighted by atomic mass is 9.82. The van der Waals surface area contributed by atoms with Gasteiger partial charge in [-0.05, 0) is 38.3 Å². The maximum atomic E-state index is 12.8. The highest BCUT2D eigenvalue weighted by Gasteiger charge is 2.53. The summed E-state index contributed by atoms with van der Waals surface area (Å²) in [5, 5.41) is 7.98. The van der Waals surface area contributed by atoms with Crippen LogP contribution in [0.5, 0.6) is 0 Å². The van der Waals surface area contributed by atoms with Crippen LogP contribution >= 0.6 is 0 Å². The van der Waals surface area contributed by atoms with E-state index in [9.17, 15) is 4.79 Å². The molecule has 0 aromatic carbocycles. The van der Waals surface area contributed by atoms with E-state index in [0.717, 1.165) is 32.6 Å². The van der Waals surface area contributed by atoms with E-state index in [-0.39, 0.29) is 5.91 Å².